The van der Waals surface area contributed by atoms with E-state index >= 15 is 0 Å². The fourth-order valence-electron chi connectivity index (χ4n) is 1.88. The molecule has 0 aromatic heterocycles. The van der Waals surface area contributed by atoms with Crippen LogP contribution in [0.1, 0.15) is 22.8 Å². The molecule has 0 saturated carbocycles. The summed E-state index contributed by atoms with van der Waals surface area (Å²) in [5.74, 6) is -0.293. The van der Waals surface area contributed by atoms with Crippen LogP contribution in [0.4, 0.5) is 11.4 Å². The summed E-state index contributed by atoms with van der Waals surface area (Å²) in [4.78, 5) is 23.2. The molecule has 0 aliphatic heterocycles. The monoisotopic (exact) mass is 346 g/mol. The zero-order valence-electron chi connectivity index (χ0n) is 11.7. The lowest BCUT2D eigenvalue weighted by Crippen LogP contribution is -2.12. The van der Waals surface area contributed by atoms with Crippen LogP contribution in [0.5, 0.6) is 0 Å². The normalized spacial score (nSPS) is 10.0. The van der Waals surface area contributed by atoms with Crippen molar-refractivity contribution in [2.45, 2.75) is 13.8 Å². The van der Waals surface area contributed by atoms with E-state index in [1.165, 1.54) is 6.92 Å². The second-order valence-electron chi connectivity index (χ2n) is 4.67. The number of nitrogens with one attached hydrogen (secondary N) is 2. The number of aryl methyl sites for hydroxylation is 1. The van der Waals surface area contributed by atoms with E-state index in [0.717, 1.165) is 15.7 Å². The van der Waals surface area contributed by atoms with Crippen molar-refractivity contribution in [1.29, 1.82) is 0 Å². The van der Waals surface area contributed by atoms with Gasteiger partial charge in [0, 0.05) is 28.3 Å². The molecule has 2 amide bonds. The molecule has 108 valence electrons. The van der Waals surface area contributed by atoms with Crippen molar-refractivity contribution in [3.8, 4) is 0 Å². The first-order valence-electron chi connectivity index (χ1n) is 6.41. The number of hydrogen-bond donors (Lipinski definition) is 2. The third-order valence-corrected chi connectivity index (χ3v) is 3.43. The molecule has 0 saturated heterocycles. The topological polar surface area (TPSA) is 58.2 Å². The number of carbonyl (C=O) groups excluding carboxylic acids is 2. The summed E-state index contributed by atoms with van der Waals surface area (Å²) in [5, 5.41) is 5.57. The van der Waals surface area contributed by atoms with Gasteiger partial charge in [-0.25, -0.2) is 0 Å². The van der Waals surface area contributed by atoms with Crippen molar-refractivity contribution in [3.05, 3.63) is 58.1 Å². The number of hydrogen-bond acceptors (Lipinski definition) is 2. The molecular weight excluding hydrogens is 332 g/mol. The lowest BCUT2D eigenvalue weighted by Gasteiger charge is -2.10. The summed E-state index contributed by atoms with van der Waals surface area (Å²) in [7, 11) is 0. The molecule has 2 aromatic carbocycles. The summed E-state index contributed by atoms with van der Waals surface area (Å²) < 4.78 is 0.926. The number of benzene rings is 2. The average molecular weight is 347 g/mol. The van der Waals surface area contributed by atoms with Crippen molar-refractivity contribution in [1.82, 2.24) is 0 Å². The smallest absolute Gasteiger partial charge is 0.255 e. The average Bonchev–Trinajstić information content (AvgIpc) is 2.42. The van der Waals surface area contributed by atoms with Crippen molar-refractivity contribution in [2.24, 2.45) is 0 Å². The summed E-state index contributed by atoms with van der Waals surface area (Å²) in [6, 6.07) is 12.5. The first-order valence-corrected chi connectivity index (χ1v) is 7.20. The van der Waals surface area contributed by atoms with Crippen LogP contribution in [-0.4, -0.2) is 11.8 Å². The van der Waals surface area contributed by atoms with E-state index in [9.17, 15) is 9.59 Å². The Kier molecular flexibility index (Phi) is 4.75. The van der Waals surface area contributed by atoms with Gasteiger partial charge in [-0.05, 0) is 55.0 Å². The van der Waals surface area contributed by atoms with Gasteiger partial charge < -0.3 is 10.6 Å². The standard InChI is InChI=1S/C16H15BrN2O2/c1-10-9-14(7-8-15(10)18-11(2)20)19-16(21)12-3-5-13(17)6-4-12/h3-9H,1-2H3,(H,18,20)(H,19,21). The molecule has 0 spiro atoms. The second kappa shape index (κ2) is 6.54. The molecule has 0 unspecified atom stereocenters. The fraction of sp³-hybridized carbons (Fsp3) is 0.125. The van der Waals surface area contributed by atoms with Gasteiger partial charge in [0.25, 0.3) is 5.91 Å². The van der Waals surface area contributed by atoms with Crippen molar-refractivity contribution in [2.75, 3.05) is 10.6 Å². The number of halogens is 1. The number of carbonyl (C=O) groups is 2. The van der Waals surface area contributed by atoms with Gasteiger partial charge in [0.1, 0.15) is 0 Å². The first-order chi connectivity index (χ1) is 9.95. The van der Waals surface area contributed by atoms with Crippen molar-refractivity contribution >= 4 is 39.1 Å². The van der Waals surface area contributed by atoms with E-state index < -0.39 is 0 Å². The molecule has 0 atom stereocenters. The van der Waals surface area contributed by atoms with Crippen LogP contribution in [0.15, 0.2) is 46.9 Å². The van der Waals surface area contributed by atoms with Gasteiger partial charge in [-0.1, -0.05) is 15.9 Å². The molecule has 0 aliphatic rings. The Morgan fingerprint density at radius 1 is 1.00 bits per heavy atom. The van der Waals surface area contributed by atoms with Gasteiger partial charge in [0.15, 0.2) is 0 Å². The van der Waals surface area contributed by atoms with Crippen LogP contribution in [-0.2, 0) is 4.79 Å². The lowest BCUT2D eigenvalue weighted by atomic mass is 10.1. The molecule has 2 rings (SSSR count). The van der Waals surface area contributed by atoms with Crippen LogP contribution in [0.25, 0.3) is 0 Å². The van der Waals surface area contributed by atoms with Gasteiger partial charge >= 0.3 is 0 Å². The highest BCUT2D eigenvalue weighted by Gasteiger charge is 2.07. The van der Waals surface area contributed by atoms with E-state index in [1.54, 1.807) is 24.3 Å². The highest BCUT2D eigenvalue weighted by atomic mass is 79.9. The SMILES string of the molecule is CC(=O)Nc1ccc(NC(=O)c2ccc(Br)cc2)cc1C. The van der Waals surface area contributed by atoms with Crippen LogP contribution in [0.2, 0.25) is 0 Å². The number of rotatable bonds is 3. The predicted molar refractivity (Wildman–Crippen MR) is 87.6 cm³/mol. The van der Waals surface area contributed by atoms with Crippen molar-refractivity contribution in [3.63, 3.8) is 0 Å². The summed E-state index contributed by atoms with van der Waals surface area (Å²) >= 11 is 3.33. The van der Waals surface area contributed by atoms with Crippen LogP contribution >= 0.6 is 15.9 Å². The molecule has 5 heteroatoms. The van der Waals surface area contributed by atoms with Gasteiger partial charge in [-0.15, -0.1) is 0 Å². The Hall–Kier alpha value is -2.14. The number of anilines is 2. The summed E-state index contributed by atoms with van der Waals surface area (Å²) in [6.45, 7) is 3.34. The minimum absolute atomic E-state index is 0.121. The van der Waals surface area contributed by atoms with E-state index in [-0.39, 0.29) is 11.8 Å². The zero-order chi connectivity index (χ0) is 15.4. The molecule has 0 bridgehead atoms. The minimum atomic E-state index is -0.172. The highest BCUT2D eigenvalue weighted by Crippen LogP contribution is 2.20. The maximum atomic E-state index is 12.1. The number of amides is 2. The van der Waals surface area contributed by atoms with Gasteiger partial charge in [-0.2, -0.15) is 0 Å². The molecule has 4 nitrogen and oxygen atoms in total. The van der Waals surface area contributed by atoms with Crippen LogP contribution in [0, 0.1) is 6.92 Å². The van der Waals surface area contributed by atoms with Crippen molar-refractivity contribution < 1.29 is 9.59 Å². The lowest BCUT2D eigenvalue weighted by molar-refractivity contribution is -0.114. The van der Waals surface area contributed by atoms with E-state index in [0.29, 0.717) is 11.3 Å². The highest BCUT2D eigenvalue weighted by molar-refractivity contribution is 9.10. The molecule has 0 fully saturated rings. The second-order valence-corrected chi connectivity index (χ2v) is 5.59. The van der Waals surface area contributed by atoms with Gasteiger partial charge in [-0.3, -0.25) is 9.59 Å². The Bertz CT molecular complexity index is 681. The Balaban J connectivity index is 2.12. The fourth-order valence-corrected chi connectivity index (χ4v) is 2.14. The zero-order valence-corrected chi connectivity index (χ0v) is 13.3. The van der Waals surface area contributed by atoms with Gasteiger partial charge in [0.05, 0.1) is 0 Å². The molecule has 2 aromatic rings. The third kappa shape index (κ3) is 4.16. The molecule has 2 N–H and O–H groups in total. The Morgan fingerprint density at radius 3 is 2.24 bits per heavy atom. The maximum absolute atomic E-state index is 12.1. The Labute approximate surface area is 131 Å². The molecular formula is C16H15BrN2O2. The summed E-state index contributed by atoms with van der Waals surface area (Å²) in [5.41, 5.74) is 2.90. The summed E-state index contributed by atoms with van der Waals surface area (Å²) in [6.07, 6.45) is 0. The quantitative estimate of drug-likeness (QED) is 0.883. The maximum Gasteiger partial charge on any atom is 0.255 e. The molecule has 0 radical (unpaired) electrons. The molecule has 21 heavy (non-hydrogen) atoms. The molecule has 0 aliphatic carbocycles. The van der Waals surface area contributed by atoms with Crippen LogP contribution < -0.4 is 10.6 Å². The van der Waals surface area contributed by atoms with E-state index in [4.69, 9.17) is 0 Å². The predicted octanol–water partition coefficient (Wildman–Crippen LogP) is 3.97. The molecule has 0 heterocycles. The minimum Gasteiger partial charge on any atom is -0.326 e. The first kappa shape index (κ1) is 15.3. The van der Waals surface area contributed by atoms with E-state index in [2.05, 4.69) is 26.6 Å². The Morgan fingerprint density at radius 2 is 1.67 bits per heavy atom. The van der Waals surface area contributed by atoms with Gasteiger partial charge in [0.2, 0.25) is 5.91 Å². The van der Waals surface area contributed by atoms with Crippen LogP contribution in [0.3, 0.4) is 0 Å². The third-order valence-electron chi connectivity index (χ3n) is 2.90. The largest absolute Gasteiger partial charge is 0.326 e. The van der Waals surface area contributed by atoms with E-state index in [1.807, 2.05) is 25.1 Å².